The summed E-state index contributed by atoms with van der Waals surface area (Å²) in [5.74, 6) is 0.989. The molecule has 0 saturated heterocycles. The van der Waals surface area contributed by atoms with Crippen molar-refractivity contribution < 1.29 is 4.52 Å². The number of fused-ring (bicyclic) bond motifs is 1. The van der Waals surface area contributed by atoms with Crippen molar-refractivity contribution in [3.63, 3.8) is 0 Å². The van der Waals surface area contributed by atoms with Gasteiger partial charge in [-0.1, -0.05) is 24.3 Å². The summed E-state index contributed by atoms with van der Waals surface area (Å²) in [6.45, 7) is 0. The average molecular weight is 279 g/mol. The normalized spacial score (nSPS) is 19.4. The van der Waals surface area contributed by atoms with Crippen molar-refractivity contribution in [2.24, 2.45) is 0 Å². The molecule has 0 aliphatic heterocycles. The maximum Gasteiger partial charge on any atom is 0.238 e. The molecule has 82 valence electrons. The summed E-state index contributed by atoms with van der Waals surface area (Å²) in [5, 5.41) is 3.80. The zero-order valence-corrected chi connectivity index (χ0v) is 10.3. The topological polar surface area (TPSA) is 38.9 Å². The molecule has 0 N–H and O–H groups in total. The van der Waals surface area contributed by atoms with Crippen LogP contribution in [0.3, 0.4) is 0 Å². The highest BCUT2D eigenvalue weighted by Crippen LogP contribution is 2.35. The first-order valence-electron chi connectivity index (χ1n) is 5.41. The molecule has 0 spiro atoms. The first kappa shape index (κ1) is 10.0. The maximum absolute atomic E-state index is 5.25. The lowest BCUT2D eigenvalue weighted by Crippen LogP contribution is -2.11. The van der Waals surface area contributed by atoms with E-state index < -0.39 is 0 Å². The number of halogens is 1. The Hall–Kier alpha value is -1.16. The molecule has 1 unspecified atom stereocenters. The Labute approximate surface area is 102 Å². The van der Waals surface area contributed by atoms with Crippen LogP contribution in [-0.2, 0) is 6.42 Å². The Morgan fingerprint density at radius 2 is 2.19 bits per heavy atom. The van der Waals surface area contributed by atoms with E-state index in [9.17, 15) is 0 Å². The van der Waals surface area contributed by atoms with Gasteiger partial charge in [-0.3, -0.25) is 0 Å². The minimum Gasteiger partial charge on any atom is -0.338 e. The van der Waals surface area contributed by atoms with Crippen LogP contribution < -0.4 is 0 Å². The maximum atomic E-state index is 5.25. The van der Waals surface area contributed by atoms with Gasteiger partial charge in [-0.25, -0.2) is 0 Å². The van der Waals surface area contributed by atoms with Crippen LogP contribution >= 0.6 is 15.9 Å². The zero-order valence-electron chi connectivity index (χ0n) is 8.69. The van der Waals surface area contributed by atoms with Gasteiger partial charge in [-0.05, 0) is 51.5 Å². The first-order valence-corrected chi connectivity index (χ1v) is 6.21. The van der Waals surface area contributed by atoms with Crippen molar-refractivity contribution in [2.75, 3.05) is 0 Å². The minimum atomic E-state index is 0.267. The molecule has 1 aromatic carbocycles. The molecule has 0 radical (unpaired) electrons. The van der Waals surface area contributed by atoms with Crippen LogP contribution in [0.15, 0.2) is 33.5 Å². The van der Waals surface area contributed by atoms with E-state index in [1.165, 1.54) is 17.5 Å². The number of nitrogens with zero attached hydrogens (tertiary/aromatic N) is 2. The lowest BCUT2D eigenvalue weighted by atomic mass is 9.83. The van der Waals surface area contributed by atoms with Gasteiger partial charge < -0.3 is 4.52 Å². The second-order valence-electron chi connectivity index (χ2n) is 4.05. The Bertz CT molecular complexity index is 509. The molecular weight excluding hydrogens is 268 g/mol. The van der Waals surface area contributed by atoms with E-state index >= 15 is 0 Å². The van der Waals surface area contributed by atoms with Crippen LogP contribution in [0.25, 0.3) is 0 Å². The van der Waals surface area contributed by atoms with Gasteiger partial charge in [-0.15, -0.1) is 0 Å². The highest BCUT2D eigenvalue weighted by molar-refractivity contribution is 9.10. The lowest BCUT2D eigenvalue weighted by molar-refractivity contribution is 0.352. The Kier molecular flexibility index (Phi) is 2.52. The Morgan fingerprint density at radius 3 is 3.00 bits per heavy atom. The quantitative estimate of drug-likeness (QED) is 0.804. The van der Waals surface area contributed by atoms with Crippen LogP contribution in [0.5, 0.6) is 0 Å². The summed E-state index contributed by atoms with van der Waals surface area (Å²) < 4.78 is 5.79. The van der Waals surface area contributed by atoms with E-state index in [1.807, 2.05) is 0 Å². The van der Waals surface area contributed by atoms with Gasteiger partial charge in [-0.2, -0.15) is 4.98 Å². The van der Waals surface area contributed by atoms with Gasteiger partial charge in [0.15, 0.2) is 0 Å². The van der Waals surface area contributed by atoms with Gasteiger partial charge >= 0.3 is 0 Å². The Morgan fingerprint density at radius 1 is 1.31 bits per heavy atom. The molecule has 1 aliphatic rings. The van der Waals surface area contributed by atoms with Crippen LogP contribution in [-0.4, -0.2) is 10.1 Å². The van der Waals surface area contributed by atoms with E-state index in [0.717, 1.165) is 18.7 Å². The minimum absolute atomic E-state index is 0.267. The molecular formula is C12H11BrN2O. The molecule has 1 atom stereocenters. The fourth-order valence-corrected chi connectivity index (χ4v) is 2.62. The molecule has 3 rings (SSSR count). The van der Waals surface area contributed by atoms with Crippen LogP contribution in [0.4, 0.5) is 0 Å². The third-order valence-electron chi connectivity index (χ3n) is 3.08. The van der Waals surface area contributed by atoms with Crippen LogP contribution in [0.2, 0.25) is 0 Å². The predicted molar refractivity (Wildman–Crippen MR) is 63.2 cm³/mol. The largest absolute Gasteiger partial charge is 0.338 e. The van der Waals surface area contributed by atoms with Crippen molar-refractivity contribution in [2.45, 2.75) is 25.2 Å². The fraction of sp³-hybridized carbons (Fsp3) is 0.333. The van der Waals surface area contributed by atoms with Crippen molar-refractivity contribution in [3.8, 4) is 0 Å². The van der Waals surface area contributed by atoms with Crippen molar-refractivity contribution in [3.05, 3.63) is 46.0 Å². The Balaban J connectivity index is 2.04. The monoisotopic (exact) mass is 278 g/mol. The number of hydrogen-bond acceptors (Lipinski definition) is 3. The summed E-state index contributed by atoms with van der Waals surface area (Å²) in [5.41, 5.74) is 2.75. The molecule has 4 heteroatoms. The molecule has 0 saturated carbocycles. The van der Waals surface area contributed by atoms with E-state index in [0.29, 0.717) is 4.73 Å². The SMILES string of the molecule is Brc1noc(C2CCCc3ccccc32)n1. The molecule has 0 amide bonds. The van der Waals surface area contributed by atoms with Gasteiger partial charge in [0.05, 0.1) is 5.92 Å². The summed E-state index contributed by atoms with van der Waals surface area (Å²) in [4.78, 5) is 4.27. The van der Waals surface area contributed by atoms with Crippen molar-refractivity contribution >= 4 is 15.9 Å². The summed E-state index contributed by atoms with van der Waals surface area (Å²) >= 11 is 3.22. The third kappa shape index (κ3) is 1.67. The summed E-state index contributed by atoms with van der Waals surface area (Å²) in [6, 6.07) is 8.51. The van der Waals surface area contributed by atoms with Gasteiger partial charge in [0, 0.05) is 0 Å². The molecule has 0 fully saturated rings. The van der Waals surface area contributed by atoms with Crippen molar-refractivity contribution in [1.29, 1.82) is 0 Å². The average Bonchev–Trinajstić information content (AvgIpc) is 2.75. The van der Waals surface area contributed by atoms with Gasteiger partial charge in [0.1, 0.15) is 0 Å². The van der Waals surface area contributed by atoms with Crippen LogP contribution in [0.1, 0.15) is 35.8 Å². The molecule has 0 bridgehead atoms. The molecule has 3 nitrogen and oxygen atoms in total. The van der Waals surface area contributed by atoms with Crippen LogP contribution in [0, 0.1) is 0 Å². The third-order valence-corrected chi connectivity index (χ3v) is 3.41. The standard InChI is InChI=1S/C12H11BrN2O/c13-12-14-11(16-15-12)10-7-3-5-8-4-1-2-6-9(8)10/h1-2,4,6,10H,3,5,7H2. The number of hydrogen-bond donors (Lipinski definition) is 0. The smallest absolute Gasteiger partial charge is 0.238 e. The molecule has 1 aliphatic carbocycles. The predicted octanol–water partition coefficient (Wildman–Crippen LogP) is 3.30. The second kappa shape index (κ2) is 4.01. The molecule has 2 aromatic rings. The first-order chi connectivity index (χ1) is 7.84. The lowest BCUT2D eigenvalue weighted by Gasteiger charge is -2.22. The highest BCUT2D eigenvalue weighted by atomic mass is 79.9. The van der Waals surface area contributed by atoms with E-state index in [-0.39, 0.29) is 5.92 Å². The summed E-state index contributed by atoms with van der Waals surface area (Å²) in [7, 11) is 0. The second-order valence-corrected chi connectivity index (χ2v) is 4.75. The van der Waals surface area contributed by atoms with E-state index in [4.69, 9.17) is 4.52 Å². The summed E-state index contributed by atoms with van der Waals surface area (Å²) in [6.07, 6.45) is 3.43. The fourth-order valence-electron chi connectivity index (χ4n) is 2.37. The van der Waals surface area contributed by atoms with E-state index in [2.05, 4.69) is 50.3 Å². The molecule has 16 heavy (non-hydrogen) atoms. The number of aryl methyl sites for hydroxylation is 1. The van der Waals surface area contributed by atoms with E-state index in [1.54, 1.807) is 0 Å². The highest BCUT2D eigenvalue weighted by Gasteiger charge is 2.25. The number of benzene rings is 1. The number of rotatable bonds is 1. The molecule has 1 heterocycles. The van der Waals surface area contributed by atoms with Gasteiger partial charge in [0.25, 0.3) is 0 Å². The van der Waals surface area contributed by atoms with Crippen molar-refractivity contribution in [1.82, 2.24) is 10.1 Å². The van der Waals surface area contributed by atoms with Gasteiger partial charge in [0.2, 0.25) is 10.6 Å². The zero-order chi connectivity index (χ0) is 11.0. The molecule has 1 aromatic heterocycles. The number of aromatic nitrogens is 2.